The predicted octanol–water partition coefficient (Wildman–Crippen LogP) is 4.52. The average Bonchev–Trinajstić information content (AvgIpc) is 3.23. The quantitative estimate of drug-likeness (QED) is 0.726. The van der Waals surface area contributed by atoms with Gasteiger partial charge in [-0.2, -0.15) is 0 Å². The number of rotatable bonds is 4. The summed E-state index contributed by atoms with van der Waals surface area (Å²) in [6.45, 7) is 4.25. The number of hydrogen-bond donors (Lipinski definition) is 1. The van der Waals surface area contributed by atoms with Crippen molar-refractivity contribution < 1.29 is 24.1 Å². The summed E-state index contributed by atoms with van der Waals surface area (Å²) in [6.07, 6.45) is 0. The van der Waals surface area contributed by atoms with Crippen LogP contribution in [0, 0.1) is 0 Å². The fraction of sp³-hybridized carbons (Fsp3) is 0.263. The Morgan fingerprint density at radius 3 is 2.65 bits per heavy atom. The highest BCUT2D eigenvalue weighted by Gasteiger charge is 2.26. The van der Waals surface area contributed by atoms with Gasteiger partial charge in [-0.3, -0.25) is 0 Å². The summed E-state index contributed by atoms with van der Waals surface area (Å²) in [5.41, 5.74) is 2.18. The normalized spacial score (nSPS) is 12.8. The van der Waals surface area contributed by atoms with E-state index in [0.29, 0.717) is 33.2 Å². The molecule has 0 saturated heterocycles. The Hall–Kier alpha value is -2.80. The number of thiophene rings is 1. The van der Waals surface area contributed by atoms with Crippen LogP contribution in [0.1, 0.15) is 35.1 Å². The van der Waals surface area contributed by atoms with Crippen LogP contribution in [0.5, 0.6) is 17.2 Å². The lowest BCUT2D eigenvalue weighted by Crippen LogP contribution is -1.97. The van der Waals surface area contributed by atoms with Crippen LogP contribution in [0.25, 0.3) is 21.3 Å². The molecule has 2 aromatic heterocycles. The van der Waals surface area contributed by atoms with E-state index in [1.165, 1.54) is 11.3 Å². The highest BCUT2D eigenvalue weighted by molar-refractivity contribution is 7.21. The van der Waals surface area contributed by atoms with Gasteiger partial charge in [-0.1, -0.05) is 13.8 Å². The van der Waals surface area contributed by atoms with E-state index in [2.05, 4.69) is 18.8 Å². The largest absolute Gasteiger partial charge is 0.496 e. The molecule has 1 aliphatic heterocycles. The fourth-order valence-corrected chi connectivity index (χ4v) is 4.05. The molecule has 0 radical (unpaired) electrons. The summed E-state index contributed by atoms with van der Waals surface area (Å²) < 4.78 is 16.4. The van der Waals surface area contributed by atoms with Crippen molar-refractivity contribution in [3.63, 3.8) is 0 Å². The molecule has 4 rings (SSSR count). The first-order valence-electron chi connectivity index (χ1n) is 8.14. The van der Waals surface area contributed by atoms with Gasteiger partial charge in [0.2, 0.25) is 6.79 Å². The number of aromatic carboxylic acids is 1. The molecule has 0 fully saturated rings. The number of carbonyl (C=O) groups is 1. The number of nitrogens with zero attached hydrogens (tertiary/aromatic N) is 1. The summed E-state index contributed by atoms with van der Waals surface area (Å²) in [6, 6.07) is 7.36. The van der Waals surface area contributed by atoms with E-state index in [0.717, 1.165) is 11.1 Å². The molecule has 0 spiro atoms. The van der Waals surface area contributed by atoms with Crippen LogP contribution in [0.4, 0.5) is 0 Å². The second-order valence-electron chi connectivity index (χ2n) is 6.26. The third-order valence-corrected chi connectivity index (χ3v) is 5.41. The van der Waals surface area contributed by atoms with Gasteiger partial charge in [0.1, 0.15) is 15.5 Å². The van der Waals surface area contributed by atoms with Crippen molar-refractivity contribution in [2.24, 2.45) is 0 Å². The first kappa shape index (κ1) is 16.7. The zero-order chi connectivity index (χ0) is 18.4. The smallest absolute Gasteiger partial charge is 0.346 e. The Kier molecular flexibility index (Phi) is 3.96. The second-order valence-corrected chi connectivity index (χ2v) is 7.26. The summed E-state index contributed by atoms with van der Waals surface area (Å²) >= 11 is 1.17. The Bertz CT molecular complexity index is 1020. The van der Waals surface area contributed by atoms with Crippen molar-refractivity contribution in [2.75, 3.05) is 13.9 Å². The summed E-state index contributed by atoms with van der Waals surface area (Å²) in [5, 5.41) is 10.5. The van der Waals surface area contributed by atoms with E-state index in [9.17, 15) is 9.90 Å². The minimum Gasteiger partial charge on any atom is -0.496 e. The lowest BCUT2D eigenvalue weighted by Gasteiger charge is -2.11. The zero-order valence-corrected chi connectivity index (χ0v) is 15.3. The molecule has 3 heterocycles. The van der Waals surface area contributed by atoms with Crippen molar-refractivity contribution in [3.8, 4) is 28.4 Å². The van der Waals surface area contributed by atoms with Crippen molar-refractivity contribution in [1.29, 1.82) is 0 Å². The summed E-state index contributed by atoms with van der Waals surface area (Å²) in [5.74, 6) is 0.960. The number of pyridine rings is 1. The van der Waals surface area contributed by atoms with Gasteiger partial charge in [0.15, 0.2) is 11.5 Å². The average molecular weight is 371 g/mol. The van der Waals surface area contributed by atoms with Gasteiger partial charge < -0.3 is 19.3 Å². The number of ether oxygens (including phenoxy) is 3. The molecule has 0 unspecified atom stereocenters. The van der Waals surface area contributed by atoms with Gasteiger partial charge in [0, 0.05) is 28.3 Å². The Labute approximate surface area is 154 Å². The van der Waals surface area contributed by atoms with E-state index in [-0.39, 0.29) is 17.6 Å². The minimum atomic E-state index is -0.992. The molecule has 134 valence electrons. The molecule has 26 heavy (non-hydrogen) atoms. The number of benzene rings is 1. The van der Waals surface area contributed by atoms with Crippen LogP contribution in [0.3, 0.4) is 0 Å². The molecule has 1 N–H and O–H groups in total. The van der Waals surface area contributed by atoms with E-state index in [1.807, 2.05) is 12.1 Å². The molecule has 0 aliphatic carbocycles. The first-order chi connectivity index (χ1) is 12.5. The maximum absolute atomic E-state index is 11.9. The zero-order valence-electron chi connectivity index (χ0n) is 14.5. The third kappa shape index (κ3) is 2.55. The Morgan fingerprint density at radius 1 is 1.27 bits per heavy atom. The Morgan fingerprint density at radius 2 is 2.00 bits per heavy atom. The topological polar surface area (TPSA) is 77.9 Å². The minimum absolute atomic E-state index is 0.136. The van der Waals surface area contributed by atoms with E-state index in [1.54, 1.807) is 19.2 Å². The summed E-state index contributed by atoms with van der Waals surface area (Å²) in [7, 11) is 1.55. The van der Waals surface area contributed by atoms with Gasteiger partial charge in [0.05, 0.1) is 7.11 Å². The number of carboxylic acids is 1. The van der Waals surface area contributed by atoms with Gasteiger partial charge in [-0.15, -0.1) is 11.3 Å². The molecule has 0 atom stereocenters. The molecule has 0 amide bonds. The number of hydrogen-bond acceptors (Lipinski definition) is 6. The maximum Gasteiger partial charge on any atom is 0.346 e. The number of carboxylic acid groups (broad SMARTS) is 1. The van der Waals surface area contributed by atoms with Gasteiger partial charge in [-0.05, 0) is 24.1 Å². The molecule has 1 aromatic carbocycles. The molecule has 0 bridgehead atoms. The van der Waals surface area contributed by atoms with Crippen LogP contribution < -0.4 is 14.2 Å². The predicted molar refractivity (Wildman–Crippen MR) is 98.8 cm³/mol. The van der Waals surface area contributed by atoms with Gasteiger partial charge >= 0.3 is 5.97 Å². The molecule has 3 aromatic rings. The molecular formula is C19H17NO5S. The fourth-order valence-electron chi connectivity index (χ4n) is 3.02. The van der Waals surface area contributed by atoms with Crippen molar-refractivity contribution in [2.45, 2.75) is 19.8 Å². The standard InChI is InChI=1S/C19H17NO5S/c1-9(2)12-5-4-10-16(17(19(21)22)26-18(10)20-12)11-6-14-15(25-8-24-14)7-13(11)23-3/h4-7,9H,8H2,1-3H3,(H,21,22). The van der Waals surface area contributed by atoms with Crippen LogP contribution in [-0.2, 0) is 0 Å². The molecule has 0 saturated carbocycles. The van der Waals surface area contributed by atoms with Crippen molar-refractivity contribution in [1.82, 2.24) is 4.98 Å². The number of methoxy groups -OCH3 is 1. The van der Waals surface area contributed by atoms with Crippen LogP contribution in [0.15, 0.2) is 24.3 Å². The van der Waals surface area contributed by atoms with E-state index >= 15 is 0 Å². The molecule has 6 nitrogen and oxygen atoms in total. The van der Waals surface area contributed by atoms with Crippen LogP contribution >= 0.6 is 11.3 Å². The highest BCUT2D eigenvalue weighted by Crippen LogP contribution is 2.47. The lowest BCUT2D eigenvalue weighted by molar-refractivity contribution is 0.0703. The first-order valence-corrected chi connectivity index (χ1v) is 8.96. The molecule has 7 heteroatoms. The molecular weight excluding hydrogens is 354 g/mol. The SMILES string of the molecule is COc1cc2c(cc1-c1c(C(=O)O)sc3nc(C(C)C)ccc13)OCO2. The maximum atomic E-state index is 11.9. The second kappa shape index (κ2) is 6.17. The molecule has 1 aliphatic rings. The van der Waals surface area contributed by atoms with Crippen LogP contribution in [0.2, 0.25) is 0 Å². The van der Waals surface area contributed by atoms with Crippen LogP contribution in [-0.4, -0.2) is 30.0 Å². The van der Waals surface area contributed by atoms with Crippen molar-refractivity contribution >= 4 is 27.5 Å². The van der Waals surface area contributed by atoms with Crippen molar-refractivity contribution in [3.05, 3.63) is 34.8 Å². The van der Waals surface area contributed by atoms with Gasteiger partial charge in [0.25, 0.3) is 0 Å². The monoisotopic (exact) mass is 371 g/mol. The lowest BCUT2D eigenvalue weighted by atomic mass is 10.00. The van der Waals surface area contributed by atoms with E-state index in [4.69, 9.17) is 14.2 Å². The van der Waals surface area contributed by atoms with Gasteiger partial charge in [-0.25, -0.2) is 9.78 Å². The number of fused-ring (bicyclic) bond motifs is 2. The summed E-state index contributed by atoms with van der Waals surface area (Å²) in [4.78, 5) is 17.5. The Balaban J connectivity index is 2.02. The third-order valence-electron chi connectivity index (χ3n) is 4.33. The highest BCUT2D eigenvalue weighted by atomic mass is 32.1. The van der Waals surface area contributed by atoms with E-state index < -0.39 is 5.97 Å². The number of aromatic nitrogens is 1.